The summed E-state index contributed by atoms with van der Waals surface area (Å²) in [4.78, 5) is 40.0. The lowest BCUT2D eigenvalue weighted by molar-refractivity contribution is -0.131. The topological polar surface area (TPSA) is 79.0 Å². The van der Waals surface area contributed by atoms with Gasteiger partial charge in [0, 0.05) is 37.6 Å². The summed E-state index contributed by atoms with van der Waals surface area (Å²) < 4.78 is 5.18. The number of nitrogens with one attached hydrogen (secondary N) is 1. The minimum Gasteiger partial charge on any atom is -0.444 e. The smallest absolute Gasteiger partial charge is 0.408 e. The molecule has 4 rings (SSSR count). The Balaban J connectivity index is 0.000000427. The predicted octanol–water partition coefficient (Wildman–Crippen LogP) is 5.69. The van der Waals surface area contributed by atoms with Gasteiger partial charge in [0.15, 0.2) is 0 Å². The Hall–Kier alpha value is -3.06. The molecule has 0 aromatic heterocycles. The maximum Gasteiger partial charge on any atom is 0.408 e. The van der Waals surface area contributed by atoms with Crippen molar-refractivity contribution in [3.05, 3.63) is 70.2 Å². The number of hydrogen-bond acceptors (Lipinski definition) is 4. The number of hydrogen-bond donors (Lipinski definition) is 1. The fraction of sp³-hybridized carbons (Fsp3) is 0.500. The van der Waals surface area contributed by atoms with E-state index in [1.165, 1.54) is 16.7 Å². The molecule has 2 aromatic carbocycles. The Kier molecular flexibility index (Phi) is 10.6. The average molecular weight is 542 g/mol. The lowest BCUT2D eigenvalue weighted by atomic mass is 9.86. The van der Waals surface area contributed by atoms with E-state index in [4.69, 9.17) is 16.3 Å². The molecule has 2 aromatic rings. The van der Waals surface area contributed by atoms with E-state index in [1.807, 2.05) is 48.2 Å². The molecule has 0 bridgehead atoms. The molecule has 2 saturated heterocycles. The van der Waals surface area contributed by atoms with Crippen molar-refractivity contribution in [2.45, 2.75) is 71.4 Å². The molecule has 7 nitrogen and oxygen atoms in total. The van der Waals surface area contributed by atoms with Gasteiger partial charge in [0.25, 0.3) is 0 Å². The van der Waals surface area contributed by atoms with Gasteiger partial charge in [-0.15, -0.1) is 0 Å². The number of piperidine rings is 1. The van der Waals surface area contributed by atoms with E-state index in [-0.39, 0.29) is 18.4 Å². The van der Waals surface area contributed by atoms with Crippen LogP contribution in [-0.4, -0.2) is 59.5 Å². The first-order valence-electron chi connectivity index (χ1n) is 13.3. The molecular formula is C30H40ClN3O4. The van der Waals surface area contributed by atoms with Crippen LogP contribution < -0.4 is 5.32 Å². The van der Waals surface area contributed by atoms with Crippen molar-refractivity contribution in [3.8, 4) is 0 Å². The van der Waals surface area contributed by atoms with E-state index in [1.54, 1.807) is 25.7 Å². The third-order valence-corrected chi connectivity index (χ3v) is 6.92. The van der Waals surface area contributed by atoms with Crippen molar-refractivity contribution < 1.29 is 19.1 Å². The number of carbonyl (C=O) groups is 3. The number of benzene rings is 2. The summed E-state index contributed by atoms with van der Waals surface area (Å²) in [5, 5.41) is 3.34. The first-order chi connectivity index (χ1) is 18.0. The maximum atomic E-state index is 12.5. The molecule has 3 amide bonds. The van der Waals surface area contributed by atoms with Crippen molar-refractivity contribution in [1.82, 2.24) is 15.1 Å². The fourth-order valence-corrected chi connectivity index (χ4v) is 4.83. The second-order valence-electron chi connectivity index (χ2n) is 10.9. The number of amides is 3. The summed E-state index contributed by atoms with van der Waals surface area (Å²) in [7, 11) is 0. The largest absolute Gasteiger partial charge is 0.444 e. The average Bonchev–Trinajstić information content (AvgIpc) is 3.28. The molecule has 2 aliphatic heterocycles. The summed E-state index contributed by atoms with van der Waals surface area (Å²) in [6.45, 7) is 10.2. The Morgan fingerprint density at radius 1 is 1.03 bits per heavy atom. The van der Waals surface area contributed by atoms with Gasteiger partial charge in [-0.2, -0.15) is 0 Å². The lowest BCUT2D eigenvalue weighted by Gasteiger charge is -2.33. The Bertz CT molecular complexity index is 1070. The molecule has 0 spiro atoms. The molecule has 0 saturated carbocycles. The van der Waals surface area contributed by atoms with Crippen LogP contribution in [0.1, 0.15) is 69.1 Å². The van der Waals surface area contributed by atoms with Crippen LogP contribution in [0.3, 0.4) is 0 Å². The van der Waals surface area contributed by atoms with Crippen LogP contribution in [0.15, 0.2) is 48.5 Å². The van der Waals surface area contributed by atoms with Gasteiger partial charge in [-0.3, -0.25) is 9.59 Å². The van der Waals surface area contributed by atoms with Crippen molar-refractivity contribution in [2.75, 3.05) is 26.2 Å². The Morgan fingerprint density at radius 2 is 1.68 bits per heavy atom. The minimum absolute atomic E-state index is 0.0484. The lowest BCUT2D eigenvalue weighted by Crippen LogP contribution is -2.44. The highest BCUT2D eigenvalue weighted by Gasteiger charge is 2.27. The molecule has 2 aliphatic rings. The predicted molar refractivity (Wildman–Crippen MR) is 150 cm³/mol. The monoisotopic (exact) mass is 541 g/mol. The Labute approximate surface area is 231 Å². The van der Waals surface area contributed by atoms with Crippen LogP contribution in [0.2, 0.25) is 5.02 Å². The van der Waals surface area contributed by atoms with Crippen LogP contribution in [0.5, 0.6) is 0 Å². The second kappa shape index (κ2) is 13.7. The number of alkyl carbamates (subject to hydrolysis) is 1. The number of ether oxygens (including phenoxy) is 1. The SMILES string of the molecule is CC(C)(C)OC(=O)NCC(=O)N1CCC(c2ccccc2CN2CCCC2=O)CC1.Cc1ccc(Cl)cc1. The van der Waals surface area contributed by atoms with Crippen molar-refractivity contribution >= 4 is 29.5 Å². The normalized spacial score (nSPS) is 16.1. The van der Waals surface area contributed by atoms with Crippen LogP contribution in [0, 0.1) is 6.92 Å². The van der Waals surface area contributed by atoms with Crippen LogP contribution in [-0.2, 0) is 20.9 Å². The zero-order valence-corrected chi connectivity index (χ0v) is 23.7. The highest BCUT2D eigenvalue weighted by atomic mass is 35.5. The van der Waals surface area contributed by atoms with Gasteiger partial charge in [-0.05, 0) is 76.1 Å². The maximum absolute atomic E-state index is 12.5. The van der Waals surface area contributed by atoms with E-state index in [0.717, 1.165) is 30.8 Å². The van der Waals surface area contributed by atoms with E-state index in [2.05, 4.69) is 17.4 Å². The molecule has 0 atom stereocenters. The van der Waals surface area contributed by atoms with Crippen LogP contribution >= 0.6 is 11.6 Å². The number of carbonyl (C=O) groups excluding carboxylic acids is 3. The number of likely N-dealkylation sites (tertiary alicyclic amines) is 2. The fourth-order valence-electron chi connectivity index (χ4n) is 4.70. The van der Waals surface area contributed by atoms with Crippen LogP contribution in [0.25, 0.3) is 0 Å². The quantitative estimate of drug-likeness (QED) is 0.527. The van der Waals surface area contributed by atoms with Gasteiger partial charge in [-0.1, -0.05) is 53.6 Å². The van der Waals surface area contributed by atoms with Gasteiger partial charge >= 0.3 is 6.09 Å². The van der Waals surface area contributed by atoms with Gasteiger partial charge in [0.05, 0.1) is 0 Å². The molecule has 0 radical (unpaired) electrons. The minimum atomic E-state index is -0.585. The standard InChI is InChI=1S/C23H33N3O4.C7H7Cl/c1-23(2,3)30-22(29)24-15-21(28)25-13-10-17(11-14-25)19-8-5-4-7-18(19)16-26-12-6-9-20(26)27;1-6-2-4-7(8)5-3-6/h4-5,7-8,17H,6,9-16H2,1-3H3,(H,24,29);2-5H,1H3. The number of rotatable bonds is 5. The summed E-state index contributed by atoms with van der Waals surface area (Å²) >= 11 is 5.61. The zero-order chi connectivity index (χ0) is 27.7. The van der Waals surface area contributed by atoms with Gasteiger partial charge in [0.2, 0.25) is 11.8 Å². The first-order valence-corrected chi connectivity index (χ1v) is 13.7. The van der Waals surface area contributed by atoms with Gasteiger partial charge in [0.1, 0.15) is 12.1 Å². The first kappa shape index (κ1) is 29.5. The zero-order valence-electron chi connectivity index (χ0n) is 23.0. The third-order valence-electron chi connectivity index (χ3n) is 6.67. The van der Waals surface area contributed by atoms with E-state index in [9.17, 15) is 14.4 Å². The summed E-state index contributed by atoms with van der Waals surface area (Å²) in [6.07, 6.45) is 2.78. The van der Waals surface area contributed by atoms with Crippen LogP contribution in [0.4, 0.5) is 4.79 Å². The molecular weight excluding hydrogens is 502 g/mol. The number of halogens is 1. The van der Waals surface area contributed by atoms with Gasteiger partial charge < -0.3 is 19.9 Å². The van der Waals surface area contributed by atoms with Gasteiger partial charge in [-0.25, -0.2) is 4.79 Å². The molecule has 206 valence electrons. The molecule has 8 heteroatoms. The van der Waals surface area contributed by atoms with E-state index < -0.39 is 11.7 Å². The van der Waals surface area contributed by atoms with Crippen molar-refractivity contribution in [3.63, 3.8) is 0 Å². The summed E-state index contributed by atoms with van der Waals surface area (Å²) in [5.74, 6) is 0.528. The summed E-state index contributed by atoms with van der Waals surface area (Å²) in [5.41, 5.74) is 3.16. The molecule has 1 N–H and O–H groups in total. The molecule has 0 unspecified atom stereocenters. The molecule has 0 aliphatic carbocycles. The molecule has 38 heavy (non-hydrogen) atoms. The molecule has 2 heterocycles. The highest BCUT2D eigenvalue weighted by Crippen LogP contribution is 2.31. The molecule has 2 fully saturated rings. The number of aryl methyl sites for hydroxylation is 1. The van der Waals surface area contributed by atoms with Crippen molar-refractivity contribution in [1.29, 1.82) is 0 Å². The third kappa shape index (κ3) is 9.35. The second-order valence-corrected chi connectivity index (χ2v) is 11.4. The summed E-state index contributed by atoms with van der Waals surface area (Å²) in [6, 6.07) is 16.1. The highest BCUT2D eigenvalue weighted by molar-refractivity contribution is 6.30. The van der Waals surface area contributed by atoms with E-state index >= 15 is 0 Å². The Morgan fingerprint density at radius 3 is 2.26 bits per heavy atom. The number of nitrogens with zero attached hydrogens (tertiary/aromatic N) is 2. The van der Waals surface area contributed by atoms with E-state index in [0.29, 0.717) is 32.0 Å². The van der Waals surface area contributed by atoms with Crippen molar-refractivity contribution in [2.24, 2.45) is 0 Å².